The van der Waals surface area contributed by atoms with Crippen LogP contribution in [0.3, 0.4) is 0 Å². The maximum Gasteiger partial charge on any atom is 0.347 e. The Morgan fingerprint density at radius 2 is 1.11 bits per heavy atom. The van der Waals surface area contributed by atoms with Gasteiger partial charge in [0.05, 0.1) is 38.4 Å². The first-order chi connectivity index (χ1) is 9.17. The van der Waals surface area contributed by atoms with Gasteiger partial charge in [-0.15, -0.1) is 0 Å². The van der Waals surface area contributed by atoms with Gasteiger partial charge in [0.1, 0.15) is 0 Å². The molecule has 0 aliphatic rings. The Morgan fingerprint density at radius 3 is 1.47 bits per heavy atom. The van der Waals surface area contributed by atoms with Crippen molar-refractivity contribution in [2.24, 2.45) is 0 Å². The molecule has 1 rings (SSSR count). The van der Waals surface area contributed by atoms with E-state index in [2.05, 4.69) is 0 Å². The van der Waals surface area contributed by atoms with E-state index in [0.29, 0.717) is 0 Å². The first-order valence-electron chi connectivity index (χ1n) is 5.45. The van der Waals surface area contributed by atoms with E-state index in [1.54, 1.807) is 0 Å². The molecule has 0 aromatic carbocycles. The largest absolute Gasteiger partial charge is 0.516 e. The summed E-state index contributed by atoms with van der Waals surface area (Å²) in [6.45, 7) is -0.0355. The highest BCUT2D eigenvalue weighted by molar-refractivity contribution is 4.85. The number of hydrogen-bond donors (Lipinski definition) is 3. The summed E-state index contributed by atoms with van der Waals surface area (Å²) in [7, 11) is 0. The molecule has 104 valence electrons. The quantitative estimate of drug-likeness (QED) is 0.631. The van der Waals surface area contributed by atoms with E-state index in [4.69, 9.17) is 15.3 Å². The normalized spacial score (nSPS) is 12.2. The second kappa shape index (κ2) is 6.94. The second-order valence-electron chi connectivity index (χ2n) is 3.49. The van der Waals surface area contributed by atoms with E-state index in [1.807, 2.05) is 0 Å². The zero-order valence-corrected chi connectivity index (χ0v) is 10.1. The summed E-state index contributed by atoms with van der Waals surface area (Å²) in [4.78, 5) is 23.9. The van der Waals surface area contributed by atoms with E-state index in [1.165, 1.54) is 18.2 Å². The molecular weight excluding hydrogens is 254 g/mol. The molecule has 1 aromatic rings. The summed E-state index contributed by atoms with van der Waals surface area (Å²) in [6.07, 6.45) is 6.14. The topological polar surface area (TPSA) is 110 Å². The summed E-state index contributed by atoms with van der Waals surface area (Å²) >= 11 is 0. The molecule has 0 bridgehead atoms. The van der Waals surface area contributed by atoms with Crippen molar-refractivity contribution in [3.63, 3.8) is 0 Å². The maximum atomic E-state index is 12.0. The predicted molar refractivity (Wildman–Crippen MR) is 68.3 cm³/mol. The predicted octanol–water partition coefficient (Wildman–Crippen LogP) is 0.0266. The van der Waals surface area contributed by atoms with Crippen molar-refractivity contribution in [1.29, 1.82) is 0 Å². The van der Waals surface area contributed by atoms with Crippen LogP contribution in [0.2, 0.25) is 0 Å². The summed E-state index contributed by atoms with van der Waals surface area (Å²) in [6, 6.07) is 0. The molecule has 1 heterocycles. The minimum atomic E-state index is -0.576. The molecule has 0 aliphatic heterocycles. The molecule has 1 aromatic heterocycles. The first-order valence-corrected chi connectivity index (χ1v) is 5.45. The van der Waals surface area contributed by atoms with Gasteiger partial charge in [0.15, 0.2) is 0 Å². The Labute approximate surface area is 108 Å². The third kappa shape index (κ3) is 3.18. The number of aromatic nitrogens is 3. The van der Waals surface area contributed by atoms with Gasteiger partial charge in [0, 0.05) is 0 Å². The van der Waals surface area contributed by atoms with Gasteiger partial charge >= 0.3 is 11.4 Å². The summed E-state index contributed by atoms with van der Waals surface area (Å²) in [5.41, 5.74) is -1.15. The number of hydrogen-bond acceptors (Lipinski definition) is 5. The average Bonchev–Trinajstić information content (AvgIpc) is 2.63. The highest BCUT2D eigenvalue weighted by Crippen LogP contribution is 1.87. The standard InChI is InChI=1S/C11H15N3O5/c15-7-1-4-12-10(18)13(5-2-8-16)14(11(12)19)6-3-9-17/h1-3,7-9,15-17H,4-6H2. The molecule has 0 unspecified atom stereocenters. The van der Waals surface area contributed by atoms with Crippen molar-refractivity contribution >= 4 is 0 Å². The molecule has 0 atom stereocenters. The fraction of sp³-hybridized carbons (Fsp3) is 0.273. The van der Waals surface area contributed by atoms with Gasteiger partial charge in [0.2, 0.25) is 0 Å². The van der Waals surface area contributed by atoms with Crippen molar-refractivity contribution in [1.82, 2.24) is 13.9 Å². The lowest BCUT2D eigenvalue weighted by molar-refractivity contribution is 0.448. The molecule has 0 amide bonds. The van der Waals surface area contributed by atoms with Crippen LogP contribution in [-0.4, -0.2) is 29.3 Å². The van der Waals surface area contributed by atoms with Crippen LogP contribution in [0.15, 0.2) is 46.6 Å². The van der Waals surface area contributed by atoms with Gasteiger partial charge in [-0.2, -0.15) is 0 Å². The van der Waals surface area contributed by atoms with Crippen LogP contribution in [0.25, 0.3) is 0 Å². The van der Waals surface area contributed by atoms with Gasteiger partial charge in [0.25, 0.3) is 0 Å². The second-order valence-corrected chi connectivity index (χ2v) is 3.49. The third-order valence-electron chi connectivity index (χ3n) is 2.36. The summed E-state index contributed by atoms with van der Waals surface area (Å²) in [5, 5.41) is 25.8. The third-order valence-corrected chi connectivity index (χ3v) is 2.36. The number of aliphatic hydroxyl groups excluding tert-OH is 3. The molecule has 0 spiro atoms. The van der Waals surface area contributed by atoms with Crippen LogP contribution in [-0.2, 0) is 19.6 Å². The van der Waals surface area contributed by atoms with Crippen molar-refractivity contribution < 1.29 is 15.3 Å². The Balaban J connectivity index is 3.32. The van der Waals surface area contributed by atoms with Crippen LogP contribution in [0.1, 0.15) is 0 Å². The average molecular weight is 269 g/mol. The van der Waals surface area contributed by atoms with E-state index in [0.717, 1.165) is 32.7 Å². The Bertz CT molecular complexity index is 557. The highest BCUT2D eigenvalue weighted by atomic mass is 16.2. The van der Waals surface area contributed by atoms with Gasteiger partial charge in [-0.1, -0.05) is 0 Å². The lowest BCUT2D eigenvalue weighted by Gasteiger charge is -2.03. The van der Waals surface area contributed by atoms with Crippen LogP contribution < -0.4 is 11.4 Å². The minimum Gasteiger partial charge on any atom is -0.516 e. The molecule has 8 heteroatoms. The minimum absolute atomic E-state index is 0.0136. The van der Waals surface area contributed by atoms with Gasteiger partial charge in [-0.05, 0) is 18.2 Å². The van der Waals surface area contributed by atoms with Crippen LogP contribution in [0.4, 0.5) is 0 Å². The summed E-state index contributed by atoms with van der Waals surface area (Å²) < 4.78 is 3.14. The highest BCUT2D eigenvalue weighted by Gasteiger charge is 2.13. The van der Waals surface area contributed by atoms with Crippen molar-refractivity contribution in [2.45, 2.75) is 19.6 Å². The Morgan fingerprint density at radius 1 is 0.737 bits per heavy atom. The van der Waals surface area contributed by atoms with E-state index >= 15 is 0 Å². The van der Waals surface area contributed by atoms with E-state index < -0.39 is 11.4 Å². The van der Waals surface area contributed by atoms with Gasteiger partial charge < -0.3 is 15.3 Å². The van der Waals surface area contributed by atoms with E-state index in [9.17, 15) is 9.59 Å². The molecule has 0 aliphatic carbocycles. The van der Waals surface area contributed by atoms with Gasteiger partial charge in [-0.3, -0.25) is 0 Å². The maximum absolute atomic E-state index is 12.0. The van der Waals surface area contributed by atoms with Crippen LogP contribution in [0.5, 0.6) is 0 Å². The Kier molecular flexibility index (Phi) is 5.27. The Hall–Kier alpha value is -2.64. The smallest absolute Gasteiger partial charge is 0.347 e. The molecular formula is C11H15N3O5. The van der Waals surface area contributed by atoms with Crippen LogP contribution >= 0.6 is 0 Å². The molecule has 0 saturated heterocycles. The zero-order valence-electron chi connectivity index (χ0n) is 10.1. The van der Waals surface area contributed by atoms with E-state index in [-0.39, 0.29) is 19.6 Å². The molecule has 19 heavy (non-hydrogen) atoms. The van der Waals surface area contributed by atoms with Crippen LogP contribution in [0, 0.1) is 0 Å². The van der Waals surface area contributed by atoms with Gasteiger partial charge in [-0.25, -0.2) is 23.5 Å². The fourth-order valence-corrected chi connectivity index (χ4v) is 1.52. The number of allylic oxidation sites excluding steroid dienone is 3. The fourth-order valence-electron chi connectivity index (χ4n) is 1.52. The number of rotatable bonds is 6. The SMILES string of the molecule is O=c1n(CC=CO)c(=O)n(CC=CO)n1CC=CO. The van der Waals surface area contributed by atoms with Crippen molar-refractivity contribution in [3.8, 4) is 0 Å². The summed E-state index contributed by atoms with van der Waals surface area (Å²) in [5.74, 6) is 0. The molecule has 8 nitrogen and oxygen atoms in total. The number of nitrogens with zero attached hydrogens (tertiary/aromatic N) is 3. The zero-order chi connectivity index (χ0) is 14.3. The molecule has 0 radical (unpaired) electrons. The van der Waals surface area contributed by atoms with Crippen molar-refractivity contribution in [2.75, 3.05) is 0 Å². The lowest BCUT2D eigenvalue weighted by atomic mass is 10.6. The molecule has 3 N–H and O–H groups in total. The molecule has 0 saturated carbocycles. The monoisotopic (exact) mass is 269 g/mol. The van der Waals surface area contributed by atoms with Crippen molar-refractivity contribution in [3.05, 3.63) is 58.0 Å². The lowest BCUT2D eigenvalue weighted by Crippen LogP contribution is -2.28. The first kappa shape index (κ1) is 14.4. The molecule has 0 fully saturated rings. The number of aliphatic hydroxyl groups is 3.